The summed E-state index contributed by atoms with van der Waals surface area (Å²) in [5.41, 5.74) is -0.806. The SMILES string of the molecule is [C-]#[N+]c1ccc2ccc(C(=O)O)cc2c1-c1c(F)cc(F)cc1F. The molecule has 0 saturated carbocycles. The monoisotopic (exact) mass is 327 g/mol. The van der Waals surface area contributed by atoms with Crippen molar-refractivity contribution in [2.75, 3.05) is 0 Å². The molecule has 3 rings (SSSR count). The Hall–Kier alpha value is -3.33. The topological polar surface area (TPSA) is 41.7 Å². The number of rotatable bonds is 2. The molecule has 24 heavy (non-hydrogen) atoms. The van der Waals surface area contributed by atoms with Gasteiger partial charge in [0.15, 0.2) is 5.69 Å². The summed E-state index contributed by atoms with van der Waals surface area (Å²) in [6, 6.07) is 8.05. The summed E-state index contributed by atoms with van der Waals surface area (Å²) < 4.78 is 41.6. The first-order chi connectivity index (χ1) is 11.4. The summed E-state index contributed by atoms with van der Waals surface area (Å²) >= 11 is 0. The highest BCUT2D eigenvalue weighted by Gasteiger charge is 2.20. The van der Waals surface area contributed by atoms with Gasteiger partial charge in [-0.1, -0.05) is 18.2 Å². The lowest BCUT2D eigenvalue weighted by Crippen LogP contribution is -1.97. The van der Waals surface area contributed by atoms with E-state index in [-0.39, 0.29) is 22.2 Å². The van der Waals surface area contributed by atoms with Crippen LogP contribution in [0.25, 0.3) is 26.7 Å². The minimum absolute atomic E-state index is 0.0607. The zero-order valence-electron chi connectivity index (χ0n) is 12.0. The molecule has 3 aromatic rings. The maximum Gasteiger partial charge on any atom is 0.335 e. The van der Waals surface area contributed by atoms with Crippen molar-refractivity contribution in [2.45, 2.75) is 0 Å². The van der Waals surface area contributed by atoms with Gasteiger partial charge in [-0.25, -0.2) is 22.8 Å². The standard InChI is InChI=1S/C18H8F3NO2/c1-22-15-5-4-9-2-3-10(18(23)24)6-12(9)16(15)17-13(20)7-11(19)8-14(17)21/h2-8H,(H,23,24). The Balaban J connectivity index is 2.48. The number of carboxylic acids is 1. The van der Waals surface area contributed by atoms with E-state index in [1.807, 2.05) is 0 Å². The molecule has 0 aliphatic heterocycles. The predicted molar refractivity (Wildman–Crippen MR) is 82.5 cm³/mol. The van der Waals surface area contributed by atoms with Crippen LogP contribution in [0.3, 0.4) is 0 Å². The molecular formula is C18H8F3NO2. The van der Waals surface area contributed by atoms with E-state index < -0.39 is 29.0 Å². The number of hydrogen-bond donors (Lipinski definition) is 1. The molecule has 0 aliphatic rings. The van der Waals surface area contributed by atoms with Crippen LogP contribution in [0.5, 0.6) is 0 Å². The first kappa shape index (κ1) is 15.6. The average Bonchev–Trinajstić information content (AvgIpc) is 2.53. The first-order valence-corrected chi connectivity index (χ1v) is 6.75. The highest BCUT2D eigenvalue weighted by molar-refractivity contribution is 6.06. The molecule has 0 fully saturated rings. The van der Waals surface area contributed by atoms with Gasteiger partial charge < -0.3 is 5.11 Å². The third-order valence-corrected chi connectivity index (χ3v) is 3.62. The average molecular weight is 327 g/mol. The van der Waals surface area contributed by atoms with E-state index in [1.54, 1.807) is 6.07 Å². The lowest BCUT2D eigenvalue weighted by molar-refractivity contribution is 0.0697. The van der Waals surface area contributed by atoms with Crippen molar-refractivity contribution in [3.63, 3.8) is 0 Å². The molecule has 0 unspecified atom stereocenters. The summed E-state index contributed by atoms with van der Waals surface area (Å²) in [6.45, 7) is 7.22. The van der Waals surface area contributed by atoms with E-state index in [9.17, 15) is 18.0 Å². The fourth-order valence-corrected chi connectivity index (χ4v) is 2.58. The van der Waals surface area contributed by atoms with Crippen LogP contribution in [-0.4, -0.2) is 11.1 Å². The van der Waals surface area contributed by atoms with Gasteiger partial charge in [-0.05, 0) is 22.9 Å². The molecule has 0 saturated heterocycles. The predicted octanol–water partition coefficient (Wildman–Crippen LogP) is 5.17. The molecule has 3 nitrogen and oxygen atoms in total. The number of halogens is 3. The van der Waals surface area contributed by atoms with Gasteiger partial charge in [-0.3, -0.25) is 0 Å². The minimum atomic E-state index is -1.21. The molecular weight excluding hydrogens is 319 g/mol. The van der Waals surface area contributed by atoms with Crippen molar-refractivity contribution in [3.8, 4) is 11.1 Å². The highest BCUT2D eigenvalue weighted by Crippen LogP contribution is 2.40. The molecule has 0 radical (unpaired) electrons. The van der Waals surface area contributed by atoms with E-state index >= 15 is 0 Å². The summed E-state index contributed by atoms with van der Waals surface area (Å²) in [7, 11) is 0. The van der Waals surface area contributed by atoms with Crippen molar-refractivity contribution in [1.29, 1.82) is 0 Å². The third-order valence-electron chi connectivity index (χ3n) is 3.62. The Kier molecular flexibility index (Phi) is 3.70. The summed E-state index contributed by atoms with van der Waals surface area (Å²) in [5, 5.41) is 9.83. The first-order valence-electron chi connectivity index (χ1n) is 6.75. The van der Waals surface area contributed by atoms with E-state index in [0.29, 0.717) is 17.5 Å². The molecule has 0 aliphatic carbocycles. The van der Waals surface area contributed by atoms with Crippen LogP contribution in [0, 0.1) is 24.0 Å². The molecule has 0 bridgehead atoms. The molecule has 0 atom stereocenters. The fourth-order valence-electron chi connectivity index (χ4n) is 2.58. The van der Waals surface area contributed by atoms with Crippen molar-refractivity contribution < 1.29 is 23.1 Å². The van der Waals surface area contributed by atoms with Crippen molar-refractivity contribution in [1.82, 2.24) is 0 Å². The zero-order valence-corrected chi connectivity index (χ0v) is 12.0. The van der Waals surface area contributed by atoms with Gasteiger partial charge >= 0.3 is 5.97 Å². The largest absolute Gasteiger partial charge is 0.478 e. The Morgan fingerprint density at radius 1 is 0.958 bits per heavy atom. The number of aromatic carboxylic acids is 1. The van der Waals surface area contributed by atoms with E-state index in [4.69, 9.17) is 11.7 Å². The van der Waals surface area contributed by atoms with Gasteiger partial charge in [0.1, 0.15) is 17.5 Å². The molecule has 0 aromatic heterocycles. The number of carboxylic acid groups (broad SMARTS) is 1. The van der Waals surface area contributed by atoms with Crippen molar-refractivity contribution in [2.24, 2.45) is 0 Å². The van der Waals surface area contributed by atoms with Gasteiger partial charge in [0.05, 0.1) is 12.1 Å². The Morgan fingerprint density at radius 2 is 1.58 bits per heavy atom. The minimum Gasteiger partial charge on any atom is -0.478 e. The van der Waals surface area contributed by atoms with Crippen LogP contribution in [-0.2, 0) is 0 Å². The van der Waals surface area contributed by atoms with Crippen LogP contribution in [0.4, 0.5) is 18.9 Å². The maximum absolute atomic E-state index is 14.2. The summed E-state index contributed by atoms with van der Waals surface area (Å²) in [6.07, 6.45) is 0. The van der Waals surface area contributed by atoms with E-state index in [0.717, 1.165) is 0 Å². The van der Waals surface area contributed by atoms with E-state index in [1.165, 1.54) is 24.3 Å². The molecule has 1 N–H and O–H groups in total. The molecule has 0 heterocycles. The second kappa shape index (κ2) is 5.70. The second-order valence-corrected chi connectivity index (χ2v) is 5.06. The number of hydrogen-bond acceptors (Lipinski definition) is 1. The summed E-state index contributed by atoms with van der Waals surface area (Å²) in [4.78, 5) is 14.4. The number of benzene rings is 3. The maximum atomic E-state index is 14.2. The third kappa shape index (κ3) is 2.46. The van der Waals surface area contributed by atoms with Crippen LogP contribution in [0.2, 0.25) is 0 Å². The molecule has 118 valence electrons. The summed E-state index contributed by atoms with van der Waals surface area (Å²) in [5.74, 6) is -4.61. The Morgan fingerprint density at radius 3 is 2.17 bits per heavy atom. The molecule has 0 spiro atoms. The van der Waals surface area contributed by atoms with Crippen molar-refractivity contribution in [3.05, 3.63) is 76.9 Å². The van der Waals surface area contributed by atoms with E-state index in [2.05, 4.69) is 4.85 Å². The smallest absolute Gasteiger partial charge is 0.335 e. The number of carbonyl (C=O) groups is 1. The normalized spacial score (nSPS) is 10.6. The molecule has 6 heteroatoms. The quantitative estimate of drug-likeness (QED) is 0.660. The Labute approximate surface area is 134 Å². The van der Waals surface area contributed by atoms with Crippen LogP contribution in [0.1, 0.15) is 10.4 Å². The van der Waals surface area contributed by atoms with Gasteiger partial charge in [0.25, 0.3) is 0 Å². The van der Waals surface area contributed by atoms with Crippen molar-refractivity contribution >= 4 is 22.4 Å². The molecule has 3 aromatic carbocycles. The lowest BCUT2D eigenvalue weighted by Gasteiger charge is -2.12. The van der Waals surface area contributed by atoms with Gasteiger partial charge in [0, 0.05) is 23.3 Å². The number of nitrogens with zero attached hydrogens (tertiary/aromatic N) is 1. The van der Waals surface area contributed by atoms with Crippen LogP contribution >= 0.6 is 0 Å². The fraction of sp³-hybridized carbons (Fsp3) is 0. The van der Waals surface area contributed by atoms with Crippen LogP contribution < -0.4 is 0 Å². The van der Waals surface area contributed by atoms with Gasteiger partial charge in [0.2, 0.25) is 0 Å². The Bertz CT molecular complexity index is 1020. The highest BCUT2D eigenvalue weighted by atomic mass is 19.1. The van der Waals surface area contributed by atoms with Gasteiger partial charge in [-0.2, -0.15) is 0 Å². The van der Waals surface area contributed by atoms with Gasteiger partial charge in [-0.15, -0.1) is 0 Å². The van der Waals surface area contributed by atoms with Crippen LogP contribution in [0.15, 0.2) is 42.5 Å². The lowest BCUT2D eigenvalue weighted by atomic mass is 9.94. The zero-order chi connectivity index (χ0) is 17.4. The molecule has 0 amide bonds. The number of fused-ring (bicyclic) bond motifs is 1. The second-order valence-electron chi connectivity index (χ2n) is 5.06.